The third-order valence-corrected chi connectivity index (χ3v) is 5.77. The molecule has 1 unspecified atom stereocenters. The van der Waals surface area contributed by atoms with E-state index in [4.69, 9.17) is 19.2 Å². The van der Waals surface area contributed by atoms with Gasteiger partial charge in [-0.3, -0.25) is 14.2 Å². The maximum Gasteiger partial charge on any atom is 0.261 e. The summed E-state index contributed by atoms with van der Waals surface area (Å²) < 4.78 is 18.0. The molecule has 0 bridgehead atoms. The molecule has 2 aliphatic heterocycles. The summed E-state index contributed by atoms with van der Waals surface area (Å²) in [4.78, 5) is 32.4. The third kappa shape index (κ3) is 3.94. The Bertz CT molecular complexity index is 965. The van der Waals surface area contributed by atoms with Crippen LogP contribution in [0.3, 0.4) is 0 Å². The van der Waals surface area contributed by atoms with Crippen LogP contribution < -0.4 is 15.0 Å². The van der Waals surface area contributed by atoms with Crippen molar-refractivity contribution in [1.29, 1.82) is 0 Å². The van der Waals surface area contributed by atoms with E-state index in [0.717, 1.165) is 25.9 Å². The molecule has 0 spiro atoms. The molecule has 1 fully saturated rings. The number of nitrogens with zero attached hydrogens (tertiary/aromatic N) is 3. The zero-order valence-corrected chi connectivity index (χ0v) is 17.0. The standard InChI is InChI=1S/C21H27N3O5/c1-27-17-12-15-16(13-18(17)28-2)22-19-6-7-23(8-9-24(19)21(15)26)20(25)11-14-5-3-4-10-29-14/h12-14H,3-11H2,1-2H3. The Morgan fingerprint density at radius 2 is 1.97 bits per heavy atom. The zero-order valence-electron chi connectivity index (χ0n) is 17.0. The van der Waals surface area contributed by atoms with Crippen LogP contribution in [0.2, 0.25) is 0 Å². The predicted octanol–water partition coefficient (Wildman–Crippen LogP) is 1.76. The molecule has 4 rings (SSSR count). The van der Waals surface area contributed by atoms with E-state index in [-0.39, 0.29) is 17.6 Å². The van der Waals surface area contributed by atoms with Gasteiger partial charge < -0.3 is 19.1 Å². The van der Waals surface area contributed by atoms with Crippen molar-refractivity contribution in [3.63, 3.8) is 0 Å². The number of aromatic nitrogens is 2. The highest BCUT2D eigenvalue weighted by molar-refractivity contribution is 5.82. The largest absolute Gasteiger partial charge is 0.493 e. The summed E-state index contributed by atoms with van der Waals surface area (Å²) >= 11 is 0. The number of fused-ring (bicyclic) bond motifs is 2. The average Bonchev–Trinajstić information content (AvgIpc) is 2.96. The first-order valence-electron chi connectivity index (χ1n) is 10.2. The molecular weight excluding hydrogens is 374 g/mol. The van der Waals surface area contributed by atoms with E-state index in [2.05, 4.69) is 0 Å². The van der Waals surface area contributed by atoms with Gasteiger partial charge in [-0.15, -0.1) is 0 Å². The first kappa shape index (κ1) is 19.7. The van der Waals surface area contributed by atoms with E-state index in [1.807, 2.05) is 4.90 Å². The van der Waals surface area contributed by atoms with E-state index < -0.39 is 0 Å². The van der Waals surface area contributed by atoms with Crippen LogP contribution in [0.15, 0.2) is 16.9 Å². The Morgan fingerprint density at radius 1 is 1.17 bits per heavy atom. The third-order valence-electron chi connectivity index (χ3n) is 5.77. The van der Waals surface area contributed by atoms with Crippen molar-refractivity contribution in [2.45, 2.75) is 44.8 Å². The SMILES string of the molecule is COc1cc2nc3n(c(=O)c2cc1OC)CCN(C(=O)CC1CCCCO1)CC3. The van der Waals surface area contributed by atoms with Crippen LogP contribution in [0.25, 0.3) is 10.9 Å². The number of carbonyl (C=O) groups excluding carboxylic acids is 1. The lowest BCUT2D eigenvalue weighted by molar-refractivity contribution is -0.135. The van der Waals surface area contributed by atoms with Gasteiger partial charge in [0, 0.05) is 38.7 Å². The second-order valence-corrected chi connectivity index (χ2v) is 7.53. The second kappa shape index (κ2) is 8.41. The summed E-state index contributed by atoms with van der Waals surface area (Å²) in [6, 6.07) is 3.40. The van der Waals surface area contributed by atoms with Crippen molar-refractivity contribution in [2.75, 3.05) is 33.9 Å². The summed E-state index contributed by atoms with van der Waals surface area (Å²) in [5.74, 6) is 1.82. The fourth-order valence-corrected chi connectivity index (χ4v) is 4.12. The highest BCUT2D eigenvalue weighted by Crippen LogP contribution is 2.30. The number of hydrogen-bond donors (Lipinski definition) is 0. The van der Waals surface area contributed by atoms with Crippen molar-refractivity contribution >= 4 is 16.8 Å². The van der Waals surface area contributed by atoms with Crippen LogP contribution in [-0.2, 0) is 22.5 Å². The van der Waals surface area contributed by atoms with Crippen LogP contribution in [0.1, 0.15) is 31.5 Å². The Balaban J connectivity index is 1.57. The molecule has 2 aliphatic rings. The zero-order chi connectivity index (χ0) is 20.4. The summed E-state index contributed by atoms with van der Waals surface area (Å²) in [7, 11) is 3.09. The molecule has 0 aliphatic carbocycles. The highest BCUT2D eigenvalue weighted by Gasteiger charge is 2.25. The summed E-state index contributed by atoms with van der Waals surface area (Å²) in [6.07, 6.45) is 4.09. The van der Waals surface area contributed by atoms with E-state index in [1.54, 1.807) is 23.8 Å². The molecule has 1 atom stereocenters. The fraction of sp³-hybridized carbons (Fsp3) is 0.571. The van der Waals surface area contributed by atoms with Crippen molar-refractivity contribution < 1.29 is 19.0 Å². The number of carbonyl (C=O) groups is 1. The summed E-state index contributed by atoms with van der Waals surface area (Å²) in [6.45, 7) is 2.22. The minimum Gasteiger partial charge on any atom is -0.493 e. The van der Waals surface area contributed by atoms with Gasteiger partial charge in [0.05, 0.1) is 37.6 Å². The number of benzene rings is 1. The molecule has 2 aromatic rings. The minimum absolute atomic E-state index is 0.0187. The second-order valence-electron chi connectivity index (χ2n) is 7.53. The Hall–Kier alpha value is -2.61. The monoisotopic (exact) mass is 401 g/mol. The summed E-state index contributed by atoms with van der Waals surface area (Å²) in [5.41, 5.74) is 0.463. The maximum absolute atomic E-state index is 13.1. The van der Waals surface area contributed by atoms with Crippen molar-refractivity contribution in [2.24, 2.45) is 0 Å². The number of hydrogen-bond acceptors (Lipinski definition) is 6. The normalized spacial score (nSPS) is 19.5. The number of ether oxygens (including phenoxy) is 3. The van der Waals surface area contributed by atoms with Gasteiger partial charge in [-0.05, 0) is 25.3 Å². The van der Waals surface area contributed by atoms with Gasteiger partial charge in [0.15, 0.2) is 11.5 Å². The average molecular weight is 401 g/mol. The first-order chi connectivity index (χ1) is 14.1. The van der Waals surface area contributed by atoms with Gasteiger partial charge in [0.25, 0.3) is 5.56 Å². The molecule has 0 saturated carbocycles. The molecule has 1 aromatic carbocycles. The summed E-state index contributed by atoms with van der Waals surface area (Å²) in [5, 5.41) is 0.488. The van der Waals surface area contributed by atoms with Gasteiger partial charge in [0.1, 0.15) is 5.82 Å². The lowest BCUT2D eigenvalue weighted by Crippen LogP contribution is -2.37. The Morgan fingerprint density at radius 3 is 2.69 bits per heavy atom. The van der Waals surface area contributed by atoms with Gasteiger partial charge in [-0.25, -0.2) is 4.98 Å². The quantitative estimate of drug-likeness (QED) is 0.776. The fourth-order valence-electron chi connectivity index (χ4n) is 4.12. The molecule has 0 radical (unpaired) electrons. The molecule has 156 valence electrons. The molecule has 1 amide bonds. The van der Waals surface area contributed by atoms with E-state index in [0.29, 0.717) is 60.7 Å². The number of amides is 1. The van der Waals surface area contributed by atoms with Crippen molar-refractivity contribution in [3.8, 4) is 11.5 Å². The molecule has 3 heterocycles. The van der Waals surface area contributed by atoms with Crippen LogP contribution in [0.5, 0.6) is 11.5 Å². The number of rotatable bonds is 4. The lowest BCUT2D eigenvalue weighted by Gasteiger charge is -2.26. The van der Waals surface area contributed by atoms with Gasteiger partial charge >= 0.3 is 0 Å². The highest BCUT2D eigenvalue weighted by atomic mass is 16.5. The van der Waals surface area contributed by atoms with Gasteiger partial charge in [0.2, 0.25) is 5.91 Å². The van der Waals surface area contributed by atoms with Crippen LogP contribution in [-0.4, -0.2) is 60.4 Å². The van der Waals surface area contributed by atoms with Crippen molar-refractivity contribution in [3.05, 3.63) is 28.3 Å². The Labute approximate surface area is 169 Å². The maximum atomic E-state index is 13.1. The first-order valence-corrected chi connectivity index (χ1v) is 10.2. The smallest absolute Gasteiger partial charge is 0.261 e. The van der Waals surface area contributed by atoms with E-state index in [9.17, 15) is 9.59 Å². The molecule has 1 saturated heterocycles. The predicted molar refractivity (Wildman–Crippen MR) is 108 cm³/mol. The molecule has 29 heavy (non-hydrogen) atoms. The Kier molecular flexibility index (Phi) is 5.71. The van der Waals surface area contributed by atoms with Crippen molar-refractivity contribution in [1.82, 2.24) is 14.5 Å². The topological polar surface area (TPSA) is 82.9 Å². The lowest BCUT2D eigenvalue weighted by atomic mass is 10.1. The number of methoxy groups -OCH3 is 2. The molecule has 8 nitrogen and oxygen atoms in total. The van der Waals surface area contributed by atoms with E-state index in [1.165, 1.54) is 7.11 Å². The van der Waals surface area contributed by atoms with Crippen LogP contribution in [0, 0.1) is 0 Å². The van der Waals surface area contributed by atoms with Crippen LogP contribution in [0.4, 0.5) is 0 Å². The molecule has 0 N–H and O–H groups in total. The van der Waals surface area contributed by atoms with Gasteiger partial charge in [-0.2, -0.15) is 0 Å². The molecule has 1 aromatic heterocycles. The van der Waals surface area contributed by atoms with Crippen LogP contribution >= 0.6 is 0 Å². The van der Waals surface area contributed by atoms with Gasteiger partial charge in [-0.1, -0.05) is 0 Å². The van der Waals surface area contributed by atoms with E-state index >= 15 is 0 Å². The molecular formula is C21H27N3O5. The minimum atomic E-state index is -0.115. The molecule has 8 heteroatoms.